The molecular weight excluding hydrogens is 478 g/mol. The van der Waals surface area contributed by atoms with Gasteiger partial charge in [-0.3, -0.25) is 14.4 Å². The number of fused-ring (bicyclic) bond motifs is 1. The lowest BCUT2D eigenvalue weighted by molar-refractivity contribution is -0.147. The number of esters is 2. The van der Waals surface area contributed by atoms with Gasteiger partial charge in [0.2, 0.25) is 0 Å². The van der Waals surface area contributed by atoms with Crippen molar-refractivity contribution in [3.8, 4) is 10.6 Å². The second kappa shape index (κ2) is 12.5. The van der Waals surface area contributed by atoms with Crippen molar-refractivity contribution in [2.45, 2.75) is 63.8 Å². The van der Waals surface area contributed by atoms with Crippen LogP contribution in [-0.2, 0) is 25.5 Å². The van der Waals surface area contributed by atoms with Crippen LogP contribution < -0.4 is 10.6 Å². The van der Waals surface area contributed by atoms with Gasteiger partial charge in [0.05, 0.1) is 25.3 Å². The maximum Gasteiger partial charge on any atom is 0.316 e. The van der Waals surface area contributed by atoms with Crippen LogP contribution >= 0.6 is 11.3 Å². The molecule has 1 unspecified atom stereocenters. The van der Waals surface area contributed by atoms with E-state index in [1.54, 1.807) is 17.4 Å². The van der Waals surface area contributed by atoms with Gasteiger partial charge in [0.15, 0.2) is 0 Å². The van der Waals surface area contributed by atoms with Gasteiger partial charge in [-0.05, 0) is 50.7 Å². The zero-order valence-corrected chi connectivity index (χ0v) is 21.8. The summed E-state index contributed by atoms with van der Waals surface area (Å²) in [5.74, 6) is -1.02. The zero-order chi connectivity index (χ0) is 25.5. The van der Waals surface area contributed by atoms with Gasteiger partial charge in [-0.25, -0.2) is 4.98 Å². The first kappa shape index (κ1) is 26.3. The average molecular weight is 514 g/mol. The van der Waals surface area contributed by atoms with Crippen LogP contribution in [0.3, 0.4) is 0 Å². The Morgan fingerprint density at radius 1 is 1.17 bits per heavy atom. The summed E-state index contributed by atoms with van der Waals surface area (Å²) < 4.78 is 10.4. The highest BCUT2D eigenvalue weighted by molar-refractivity contribution is 7.15. The number of rotatable bonds is 8. The van der Waals surface area contributed by atoms with E-state index in [0.29, 0.717) is 18.7 Å². The molecule has 1 aromatic carbocycles. The van der Waals surface area contributed by atoms with Crippen LogP contribution in [0.2, 0.25) is 0 Å². The van der Waals surface area contributed by atoms with Crippen molar-refractivity contribution in [1.82, 2.24) is 15.6 Å². The fourth-order valence-electron chi connectivity index (χ4n) is 4.80. The Hall–Kier alpha value is -2.78. The van der Waals surface area contributed by atoms with Gasteiger partial charge in [-0.2, -0.15) is 0 Å². The van der Waals surface area contributed by atoms with Crippen molar-refractivity contribution in [3.05, 3.63) is 40.4 Å². The molecular formula is C27H35N3O5S. The van der Waals surface area contributed by atoms with E-state index >= 15 is 0 Å². The molecule has 2 N–H and O–H groups in total. The molecule has 1 saturated carbocycles. The number of methoxy groups -OCH3 is 1. The molecule has 2 aromatic rings. The number of thiazole rings is 1. The molecule has 1 fully saturated rings. The van der Waals surface area contributed by atoms with Crippen LogP contribution in [0.4, 0.5) is 0 Å². The highest BCUT2D eigenvalue weighted by Gasteiger charge is 2.31. The van der Waals surface area contributed by atoms with Crippen LogP contribution in [0.25, 0.3) is 10.6 Å². The van der Waals surface area contributed by atoms with Gasteiger partial charge in [-0.15, -0.1) is 11.3 Å². The number of unbranched alkanes of at least 4 members (excludes halogenated alkanes) is 1. The Morgan fingerprint density at radius 2 is 1.97 bits per heavy atom. The Kier molecular flexibility index (Phi) is 9.09. The van der Waals surface area contributed by atoms with E-state index in [-0.39, 0.29) is 29.8 Å². The molecule has 1 aliphatic carbocycles. The standard InChI is InChI=1S/C27H35N3O5S/c1-3-4-14-35-27(33)21-16-28-13-12-22-23(21)30-25(36-22)19-7-5-6-18(15-19)24(31)29-20-10-8-17(9-11-20)26(32)34-2/h5-7,15,17,20-21,28H,3-4,8-14,16H2,1-2H3,(H,29,31). The summed E-state index contributed by atoms with van der Waals surface area (Å²) in [6.07, 6.45) is 5.59. The third-order valence-corrected chi connectivity index (χ3v) is 8.11. The average Bonchev–Trinajstić information content (AvgIpc) is 3.22. The number of amides is 1. The predicted octanol–water partition coefficient (Wildman–Crippen LogP) is 3.84. The lowest BCUT2D eigenvalue weighted by Crippen LogP contribution is -2.38. The predicted molar refractivity (Wildman–Crippen MR) is 138 cm³/mol. The fraction of sp³-hybridized carbons (Fsp3) is 0.556. The lowest BCUT2D eigenvalue weighted by atomic mass is 9.86. The van der Waals surface area contributed by atoms with Crippen molar-refractivity contribution in [1.29, 1.82) is 0 Å². The van der Waals surface area contributed by atoms with Gasteiger partial charge >= 0.3 is 11.9 Å². The molecule has 1 aliphatic heterocycles. The highest BCUT2D eigenvalue weighted by atomic mass is 32.1. The SMILES string of the molecule is CCCCOC(=O)C1CNCCc2sc(-c3cccc(C(=O)NC4CCC(C(=O)OC)CC4)c3)nc21. The first-order valence-corrected chi connectivity index (χ1v) is 13.7. The second-order valence-electron chi connectivity index (χ2n) is 9.48. The molecule has 0 saturated heterocycles. The van der Waals surface area contributed by atoms with E-state index < -0.39 is 5.92 Å². The van der Waals surface area contributed by atoms with Crippen molar-refractivity contribution in [3.63, 3.8) is 0 Å². The number of hydrogen-bond donors (Lipinski definition) is 2. The van der Waals surface area contributed by atoms with Gasteiger partial charge in [-0.1, -0.05) is 25.5 Å². The summed E-state index contributed by atoms with van der Waals surface area (Å²) in [4.78, 5) is 43.5. The third kappa shape index (κ3) is 6.31. The maximum atomic E-state index is 13.0. The highest BCUT2D eigenvalue weighted by Crippen LogP contribution is 2.34. The van der Waals surface area contributed by atoms with Crippen LogP contribution in [0.1, 0.15) is 72.3 Å². The molecule has 0 bridgehead atoms. The smallest absolute Gasteiger partial charge is 0.316 e. The summed E-state index contributed by atoms with van der Waals surface area (Å²) in [5.41, 5.74) is 2.23. The Labute approximate surface area is 216 Å². The van der Waals surface area contributed by atoms with Gasteiger partial charge in [0.25, 0.3) is 5.91 Å². The van der Waals surface area contributed by atoms with Crippen molar-refractivity contribution < 1.29 is 23.9 Å². The summed E-state index contributed by atoms with van der Waals surface area (Å²) in [5, 5.41) is 7.25. The maximum absolute atomic E-state index is 13.0. The van der Waals surface area contributed by atoms with Crippen LogP contribution in [0, 0.1) is 5.92 Å². The molecule has 2 aliphatic rings. The molecule has 9 heteroatoms. The van der Waals surface area contributed by atoms with E-state index in [1.165, 1.54) is 7.11 Å². The minimum Gasteiger partial charge on any atom is -0.469 e. The molecule has 8 nitrogen and oxygen atoms in total. The lowest BCUT2D eigenvalue weighted by Gasteiger charge is -2.27. The summed E-state index contributed by atoms with van der Waals surface area (Å²) in [7, 11) is 1.42. The Morgan fingerprint density at radius 3 is 2.72 bits per heavy atom. The number of nitrogens with zero attached hydrogens (tertiary/aromatic N) is 1. The molecule has 36 heavy (non-hydrogen) atoms. The van der Waals surface area contributed by atoms with E-state index in [1.807, 2.05) is 18.2 Å². The van der Waals surface area contributed by atoms with E-state index in [2.05, 4.69) is 17.6 Å². The minimum absolute atomic E-state index is 0.0463. The van der Waals surface area contributed by atoms with E-state index in [0.717, 1.165) is 72.6 Å². The van der Waals surface area contributed by atoms with Crippen molar-refractivity contribution >= 4 is 29.2 Å². The first-order chi connectivity index (χ1) is 17.5. The van der Waals surface area contributed by atoms with Gasteiger partial charge in [0, 0.05) is 35.1 Å². The Balaban J connectivity index is 1.45. The summed E-state index contributed by atoms with van der Waals surface area (Å²) in [6, 6.07) is 7.52. The van der Waals surface area contributed by atoms with Crippen LogP contribution in [0.5, 0.6) is 0 Å². The van der Waals surface area contributed by atoms with E-state index in [9.17, 15) is 14.4 Å². The summed E-state index contributed by atoms with van der Waals surface area (Å²) >= 11 is 1.58. The van der Waals surface area contributed by atoms with Gasteiger partial charge in [0.1, 0.15) is 10.9 Å². The largest absolute Gasteiger partial charge is 0.469 e. The number of aromatic nitrogens is 1. The molecule has 0 radical (unpaired) electrons. The fourth-order valence-corrected chi connectivity index (χ4v) is 5.92. The molecule has 0 spiro atoms. The first-order valence-electron chi connectivity index (χ1n) is 12.9. The molecule has 1 atom stereocenters. The topological polar surface area (TPSA) is 107 Å². The van der Waals surface area contributed by atoms with Crippen molar-refractivity contribution in [2.24, 2.45) is 5.92 Å². The van der Waals surface area contributed by atoms with Crippen LogP contribution in [0.15, 0.2) is 24.3 Å². The molecule has 4 rings (SSSR count). The van der Waals surface area contributed by atoms with Crippen LogP contribution in [-0.4, -0.2) is 55.7 Å². The zero-order valence-electron chi connectivity index (χ0n) is 21.0. The normalized spacial score (nSPS) is 21.7. The summed E-state index contributed by atoms with van der Waals surface area (Å²) in [6.45, 7) is 3.80. The van der Waals surface area contributed by atoms with Crippen molar-refractivity contribution in [2.75, 3.05) is 26.8 Å². The number of benzene rings is 1. The number of carbonyl (C=O) groups is 3. The minimum atomic E-state index is -0.420. The quantitative estimate of drug-likeness (QED) is 0.408. The van der Waals surface area contributed by atoms with Gasteiger partial charge < -0.3 is 20.1 Å². The molecule has 2 heterocycles. The number of hydrogen-bond acceptors (Lipinski definition) is 8. The molecule has 194 valence electrons. The van der Waals surface area contributed by atoms with E-state index in [4.69, 9.17) is 14.5 Å². The molecule has 1 aromatic heterocycles. The number of nitrogens with one attached hydrogen (secondary N) is 2. The molecule has 1 amide bonds. The number of carbonyl (C=O) groups excluding carboxylic acids is 3. The second-order valence-corrected chi connectivity index (χ2v) is 10.6. The monoisotopic (exact) mass is 513 g/mol. The Bertz CT molecular complexity index is 1080. The number of ether oxygens (including phenoxy) is 2. The third-order valence-electron chi connectivity index (χ3n) is 6.93.